The van der Waals surface area contributed by atoms with Crippen LogP contribution in [-0.2, 0) is 0 Å². The molecule has 0 spiro atoms. The Bertz CT molecular complexity index is 287. The molecule has 0 amide bonds. The lowest BCUT2D eigenvalue weighted by atomic mass is 9.82. The Labute approximate surface area is 77.5 Å². The number of rotatable bonds is 2. The molecule has 1 aromatic carbocycles. The van der Waals surface area contributed by atoms with Gasteiger partial charge in [-0.15, -0.1) is 0 Å². The van der Waals surface area contributed by atoms with E-state index in [0.29, 0.717) is 0 Å². The Balaban J connectivity index is 2.05. The summed E-state index contributed by atoms with van der Waals surface area (Å²) in [4.78, 5) is 0. The molecule has 0 atom stereocenters. The van der Waals surface area contributed by atoms with Crippen molar-refractivity contribution in [3.05, 3.63) is 30.1 Å². The maximum atomic E-state index is 12.6. The molecule has 0 aromatic heterocycles. The summed E-state index contributed by atoms with van der Waals surface area (Å²) in [5.74, 6) is 0.551. The fraction of sp³-hybridized carbons (Fsp3) is 0.455. The molecule has 0 bridgehead atoms. The minimum atomic E-state index is -0.217. The second-order valence-electron chi connectivity index (χ2n) is 3.86. The van der Waals surface area contributed by atoms with Crippen LogP contribution >= 0.6 is 0 Å². The number of hydrogen-bond acceptors (Lipinski definition) is 1. The summed E-state index contributed by atoms with van der Waals surface area (Å²) in [6.45, 7) is 2.10. The Morgan fingerprint density at radius 2 is 1.85 bits per heavy atom. The number of ether oxygens (including phenoxy) is 1. The van der Waals surface area contributed by atoms with E-state index in [4.69, 9.17) is 4.74 Å². The van der Waals surface area contributed by atoms with Gasteiger partial charge in [-0.2, -0.15) is 0 Å². The molecule has 2 heteroatoms. The molecule has 2 rings (SSSR count). The topological polar surface area (TPSA) is 9.23 Å². The second kappa shape index (κ2) is 3.02. The fourth-order valence-corrected chi connectivity index (χ4v) is 1.56. The lowest BCUT2D eigenvalue weighted by Crippen LogP contribution is -2.39. The number of halogens is 1. The molecule has 1 aliphatic rings. The fourth-order valence-electron chi connectivity index (χ4n) is 1.56. The van der Waals surface area contributed by atoms with Gasteiger partial charge in [0.1, 0.15) is 17.2 Å². The van der Waals surface area contributed by atoms with Crippen molar-refractivity contribution in [3.8, 4) is 5.75 Å². The molecule has 1 nitrogen and oxygen atoms in total. The summed E-state index contributed by atoms with van der Waals surface area (Å²) in [5.41, 5.74) is -0.00215. The highest BCUT2D eigenvalue weighted by molar-refractivity contribution is 5.23. The van der Waals surface area contributed by atoms with E-state index in [-0.39, 0.29) is 11.4 Å². The third-order valence-corrected chi connectivity index (χ3v) is 2.59. The molecule has 0 heterocycles. The zero-order valence-corrected chi connectivity index (χ0v) is 7.72. The second-order valence-corrected chi connectivity index (χ2v) is 3.86. The van der Waals surface area contributed by atoms with Crippen molar-refractivity contribution in [3.63, 3.8) is 0 Å². The minimum Gasteiger partial charge on any atom is -0.488 e. The van der Waals surface area contributed by atoms with Crippen LogP contribution in [-0.4, -0.2) is 5.60 Å². The number of benzene rings is 1. The average molecular weight is 180 g/mol. The molecule has 0 saturated heterocycles. The van der Waals surface area contributed by atoms with E-state index in [9.17, 15) is 4.39 Å². The largest absolute Gasteiger partial charge is 0.488 e. The van der Waals surface area contributed by atoms with Gasteiger partial charge < -0.3 is 4.74 Å². The van der Waals surface area contributed by atoms with E-state index in [1.54, 1.807) is 12.1 Å². The molecule has 70 valence electrons. The van der Waals surface area contributed by atoms with Crippen molar-refractivity contribution < 1.29 is 9.13 Å². The van der Waals surface area contributed by atoms with E-state index in [1.807, 2.05) is 0 Å². The Hall–Kier alpha value is -1.05. The first kappa shape index (κ1) is 8.54. The highest BCUT2D eigenvalue weighted by atomic mass is 19.1. The Kier molecular flexibility index (Phi) is 1.98. The van der Waals surface area contributed by atoms with Gasteiger partial charge in [0.2, 0.25) is 0 Å². The van der Waals surface area contributed by atoms with E-state index in [1.165, 1.54) is 18.6 Å². The summed E-state index contributed by atoms with van der Waals surface area (Å²) in [7, 11) is 0. The van der Waals surface area contributed by atoms with Gasteiger partial charge in [0.15, 0.2) is 0 Å². The Morgan fingerprint density at radius 3 is 2.31 bits per heavy atom. The first-order valence-electron chi connectivity index (χ1n) is 4.63. The maximum Gasteiger partial charge on any atom is 0.123 e. The van der Waals surface area contributed by atoms with E-state index < -0.39 is 0 Å². The maximum absolute atomic E-state index is 12.6. The average Bonchev–Trinajstić information content (AvgIpc) is 2.06. The summed E-state index contributed by atoms with van der Waals surface area (Å²) in [5, 5.41) is 0. The molecule has 13 heavy (non-hydrogen) atoms. The highest BCUT2D eigenvalue weighted by Crippen LogP contribution is 2.35. The SMILES string of the molecule is CC1(Oc2ccc(F)cc2)CCC1. The summed E-state index contributed by atoms with van der Waals surface area (Å²) in [6, 6.07) is 6.21. The molecule has 1 fully saturated rings. The van der Waals surface area contributed by atoms with Crippen LogP contribution in [0.5, 0.6) is 5.75 Å². The van der Waals surface area contributed by atoms with Gasteiger partial charge in [0.25, 0.3) is 0 Å². The molecular weight excluding hydrogens is 167 g/mol. The molecule has 0 aliphatic heterocycles. The van der Waals surface area contributed by atoms with Crippen LogP contribution in [0.2, 0.25) is 0 Å². The molecule has 0 unspecified atom stereocenters. The summed E-state index contributed by atoms with van der Waals surface area (Å²) in [6.07, 6.45) is 3.44. The van der Waals surface area contributed by atoms with Gasteiger partial charge in [-0.1, -0.05) is 0 Å². The van der Waals surface area contributed by atoms with Gasteiger partial charge in [0, 0.05) is 0 Å². The quantitative estimate of drug-likeness (QED) is 0.679. The van der Waals surface area contributed by atoms with Crippen LogP contribution < -0.4 is 4.74 Å². The highest BCUT2D eigenvalue weighted by Gasteiger charge is 2.33. The lowest BCUT2D eigenvalue weighted by molar-refractivity contribution is 0.0112. The predicted octanol–water partition coefficient (Wildman–Crippen LogP) is 3.15. The van der Waals surface area contributed by atoms with Crippen molar-refractivity contribution >= 4 is 0 Å². The van der Waals surface area contributed by atoms with Crippen molar-refractivity contribution in [1.29, 1.82) is 0 Å². The number of hydrogen-bond donors (Lipinski definition) is 0. The van der Waals surface area contributed by atoms with Crippen molar-refractivity contribution in [2.24, 2.45) is 0 Å². The standard InChI is InChI=1S/C11H13FO/c1-11(7-2-8-11)13-10-5-3-9(12)4-6-10/h3-6H,2,7-8H2,1H3. The van der Waals surface area contributed by atoms with Gasteiger partial charge >= 0.3 is 0 Å². The smallest absolute Gasteiger partial charge is 0.123 e. The normalized spacial score (nSPS) is 19.2. The zero-order valence-electron chi connectivity index (χ0n) is 7.72. The van der Waals surface area contributed by atoms with Gasteiger partial charge in [-0.3, -0.25) is 0 Å². The van der Waals surface area contributed by atoms with Crippen LogP contribution in [0.4, 0.5) is 4.39 Å². The van der Waals surface area contributed by atoms with E-state index in [2.05, 4.69) is 6.92 Å². The van der Waals surface area contributed by atoms with E-state index >= 15 is 0 Å². The molecule has 1 saturated carbocycles. The molecule has 0 radical (unpaired) electrons. The van der Waals surface area contributed by atoms with Crippen molar-refractivity contribution in [2.75, 3.05) is 0 Å². The van der Waals surface area contributed by atoms with Gasteiger partial charge in [0.05, 0.1) is 0 Å². The molecule has 1 aromatic rings. The Morgan fingerprint density at radius 1 is 1.23 bits per heavy atom. The third-order valence-electron chi connectivity index (χ3n) is 2.59. The minimum absolute atomic E-state index is 0.00215. The van der Waals surface area contributed by atoms with Crippen LogP contribution in [0.25, 0.3) is 0 Å². The van der Waals surface area contributed by atoms with Crippen LogP contribution in [0.3, 0.4) is 0 Å². The predicted molar refractivity (Wildman–Crippen MR) is 49.3 cm³/mol. The monoisotopic (exact) mass is 180 g/mol. The van der Waals surface area contributed by atoms with Gasteiger partial charge in [-0.05, 0) is 50.5 Å². The third kappa shape index (κ3) is 1.82. The zero-order chi connectivity index (χ0) is 9.31. The first-order valence-corrected chi connectivity index (χ1v) is 4.63. The molecule has 0 N–H and O–H groups in total. The lowest BCUT2D eigenvalue weighted by Gasteiger charge is -2.38. The summed E-state index contributed by atoms with van der Waals surface area (Å²) < 4.78 is 18.3. The van der Waals surface area contributed by atoms with Crippen LogP contribution in [0.15, 0.2) is 24.3 Å². The van der Waals surface area contributed by atoms with Crippen molar-refractivity contribution in [1.82, 2.24) is 0 Å². The van der Waals surface area contributed by atoms with E-state index in [0.717, 1.165) is 18.6 Å². The molecular formula is C11H13FO. The van der Waals surface area contributed by atoms with Gasteiger partial charge in [-0.25, -0.2) is 4.39 Å². The summed E-state index contributed by atoms with van der Waals surface area (Å²) >= 11 is 0. The first-order chi connectivity index (χ1) is 6.18. The molecule has 1 aliphatic carbocycles. The van der Waals surface area contributed by atoms with Crippen LogP contribution in [0, 0.1) is 5.82 Å². The van der Waals surface area contributed by atoms with Crippen LogP contribution in [0.1, 0.15) is 26.2 Å². The van der Waals surface area contributed by atoms with Crippen molar-refractivity contribution in [2.45, 2.75) is 31.8 Å².